The van der Waals surface area contributed by atoms with Crippen molar-refractivity contribution in [1.29, 1.82) is 0 Å². The minimum atomic E-state index is -0.575. The molecule has 0 bridgehead atoms. The summed E-state index contributed by atoms with van der Waals surface area (Å²) in [5, 5.41) is 4.31. The van der Waals surface area contributed by atoms with Crippen molar-refractivity contribution in [2.45, 2.75) is 0 Å². The Morgan fingerprint density at radius 3 is 1.70 bits per heavy atom. The van der Waals surface area contributed by atoms with Gasteiger partial charge in [-0.2, -0.15) is 18.2 Å². The Hall–Kier alpha value is -8.31. The summed E-state index contributed by atoms with van der Waals surface area (Å²) >= 11 is 0. The van der Waals surface area contributed by atoms with Gasteiger partial charge in [0, 0.05) is 48.9 Å². The summed E-state index contributed by atoms with van der Waals surface area (Å²) in [5.41, 5.74) is 6.59. The zero-order chi connectivity index (χ0) is 52.3. The van der Waals surface area contributed by atoms with E-state index in [1.807, 2.05) is 79.0 Å². The van der Waals surface area contributed by atoms with Crippen LogP contribution in [0.2, 0.25) is 0 Å². The third-order valence-electron chi connectivity index (χ3n) is 11.9. The standard InChI is InChI=1S/C60H37N5O.Pt/c1-3-17-41(18-4-1)47-26-16-27-48(42-19-5-2-6-20-42)60(47)63-40-62(56-31-13-14-32-57(56)63)43-21-15-22-45(37-43)66-46-34-35-52-51-25-9-12-30-55(51)65(58(52)38-46)59-36-33-44(39-61-59)64-53-28-10-7-23-49(53)50-24-8-11-29-54(50)64;/h1-36,39H;/q-2;/i1D,2D,3D,4D,5D,6D,17D,18D,19D,20D;. The van der Waals surface area contributed by atoms with Gasteiger partial charge in [-0.25, -0.2) is 4.98 Å². The van der Waals surface area contributed by atoms with Gasteiger partial charge in [-0.05, 0) is 63.7 Å². The summed E-state index contributed by atoms with van der Waals surface area (Å²) in [4.78, 5) is 5.06. The van der Waals surface area contributed by atoms with Gasteiger partial charge < -0.3 is 18.4 Å². The van der Waals surface area contributed by atoms with Crippen molar-refractivity contribution >= 4 is 54.6 Å². The number of para-hydroxylation sites is 6. The van der Waals surface area contributed by atoms with E-state index in [9.17, 15) is 0 Å². The number of benzene rings is 9. The van der Waals surface area contributed by atoms with Gasteiger partial charge in [0.25, 0.3) is 6.33 Å². The molecule has 0 amide bonds. The summed E-state index contributed by atoms with van der Waals surface area (Å²) in [7, 11) is 0. The van der Waals surface area contributed by atoms with Crippen LogP contribution in [0, 0.1) is 18.5 Å². The zero-order valence-electron chi connectivity index (χ0n) is 45.0. The number of pyridine rings is 1. The molecule has 0 unspecified atom stereocenters. The zero-order valence-corrected chi connectivity index (χ0v) is 37.3. The number of nitrogens with zero attached hydrogens (tertiary/aromatic N) is 5. The number of hydrogen-bond donors (Lipinski definition) is 0. The maximum Gasteiger partial charge on any atom is 0.268 e. The van der Waals surface area contributed by atoms with Crippen LogP contribution in [0.5, 0.6) is 11.5 Å². The minimum Gasteiger partial charge on any atom is -0.510 e. The Balaban J connectivity index is 0.00000596. The Bertz CT molecular complexity index is 4390. The molecule has 0 saturated carbocycles. The van der Waals surface area contributed by atoms with Crippen LogP contribution in [0.15, 0.2) is 224 Å². The van der Waals surface area contributed by atoms with E-state index in [1.165, 1.54) is 10.8 Å². The molecule has 0 aliphatic heterocycles. The molecule has 0 N–H and O–H groups in total. The van der Waals surface area contributed by atoms with Gasteiger partial charge in [0.2, 0.25) is 0 Å². The first-order valence-electron chi connectivity index (χ1n) is 26.2. The third-order valence-corrected chi connectivity index (χ3v) is 11.9. The molecule has 0 saturated heterocycles. The number of hydrogen-bond acceptors (Lipinski definition) is 2. The summed E-state index contributed by atoms with van der Waals surface area (Å²) in [6.07, 6.45) is 5.30. The second-order valence-corrected chi connectivity index (χ2v) is 15.6. The van der Waals surface area contributed by atoms with Crippen molar-refractivity contribution in [3.8, 4) is 56.6 Å². The fourth-order valence-corrected chi connectivity index (χ4v) is 9.12. The van der Waals surface area contributed by atoms with Crippen LogP contribution >= 0.6 is 0 Å². The normalized spacial score (nSPS) is 13.6. The van der Waals surface area contributed by atoms with Crippen LogP contribution in [0.3, 0.4) is 0 Å². The molecule has 0 aliphatic carbocycles. The topological polar surface area (TPSA) is 40.8 Å². The van der Waals surface area contributed by atoms with E-state index in [1.54, 1.807) is 39.5 Å². The van der Waals surface area contributed by atoms with Gasteiger partial charge in [-0.1, -0.05) is 163 Å². The van der Waals surface area contributed by atoms with Gasteiger partial charge in [-0.15, -0.1) is 29.7 Å². The van der Waals surface area contributed by atoms with Crippen LogP contribution in [0.4, 0.5) is 0 Å². The smallest absolute Gasteiger partial charge is 0.268 e. The average molecular weight is 1050 g/mol. The monoisotopic (exact) mass is 1050 g/mol. The van der Waals surface area contributed by atoms with Crippen molar-refractivity contribution in [1.82, 2.24) is 18.7 Å². The Morgan fingerprint density at radius 2 is 1.06 bits per heavy atom. The predicted molar refractivity (Wildman–Crippen MR) is 265 cm³/mol. The molecule has 320 valence electrons. The van der Waals surface area contributed by atoms with Crippen molar-refractivity contribution in [3.05, 3.63) is 243 Å². The maximum absolute atomic E-state index is 9.03. The number of imidazole rings is 1. The maximum atomic E-state index is 9.03. The second-order valence-electron chi connectivity index (χ2n) is 15.6. The summed E-state index contributed by atoms with van der Waals surface area (Å²) in [6, 6.07) is 51.9. The van der Waals surface area contributed by atoms with Gasteiger partial charge in [0.15, 0.2) is 0 Å². The Kier molecular flexibility index (Phi) is 7.62. The largest absolute Gasteiger partial charge is 0.510 e. The van der Waals surface area contributed by atoms with Crippen molar-refractivity contribution < 1.29 is 44.1 Å². The average Bonchev–Trinajstić information content (AvgIpc) is 4.20. The fourth-order valence-electron chi connectivity index (χ4n) is 9.12. The Labute approximate surface area is 415 Å². The Morgan fingerprint density at radius 1 is 0.493 bits per heavy atom. The molecule has 0 aliphatic rings. The van der Waals surface area contributed by atoms with E-state index in [4.69, 9.17) is 23.4 Å². The summed E-state index contributed by atoms with van der Waals surface area (Å²) in [5.74, 6) is 1.46. The molecule has 67 heavy (non-hydrogen) atoms. The molecule has 0 atom stereocenters. The van der Waals surface area contributed by atoms with E-state index >= 15 is 0 Å². The van der Waals surface area contributed by atoms with Crippen LogP contribution in [0.25, 0.3) is 99.8 Å². The van der Waals surface area contributed by atoms with Crippen LogP contribution in [-0.4, -0.2) is 18.7 Å². The van der Waals surface area contributed by atoms with Gasteiger partial charge in [0.05, 0.1) is 53.3 Å². The first kappa shape index (κ1) is 30.8. The predicted octanol–water partition coefficient (Wildman–Crippen LogP) is 14.0. The molecular weight excluding hydrogens is 1000 g/mol. The van der Waals surface area contributed by atoms with E-state index in [-0.39, 0.29) is 49.0 Å². The first-order chi connectivity index (χ1) is 36.9. The van der Waals surface area contributed by atoms with Crippen molar-refractivity contribution in [3.63, 3.8) is 0 Å². The number of rotatable bonds is 8. The number of ether oxygens (including phenoxy) is 1. The fraction of sp³-hybridized carbons (Fsp3) is 0. The van der Waals surface area contributed by atoms with E-state index in [2.05, 4.69) is 82.2 Å². The molecule has 0 spiro atoms. The quantitative estimate of drug-likeness (QED) is 0.112. The molecule has 7 heteroatoms. The summed E-state index contributed by atoms with van der Waals surface area (Å²) in [6.45, 7) is 0. The molecule has 4 aromatic heterocycles. The molecule has 4 heterocycles. The van der Waals surface area contributed by atoms with E-state index in [0.29, 0.717) is 34.0 Å². The second kappa shape index (κ2) is 16.6. The summed E-state index contributed by atoms with van der Waals surface area (Å²) < 4.78 is 101. The molecule has 9 aromatic carbocycles. The molecule has 13 rings (SSSR count). The van der Waals surface area contributed by atoms with Gasteiger partial charge in [-0.3, -0.25) is 4.57 Å². The van der Waals surface area contributed by atoms with Crippen molar-refractivity contribution in [2.75, 3.05) is 0 Å². The van der Waals surface area contributed by atoms with Crippen LogP contribution in [-0.2, 0) is 21.1 Å². The molecule has 0 radical (unpaired) electrons. The van der Waals surface area contributed by atoms with Crippen LogP contribution in [0.1, 0.15) is 13.7 Å². The number of aromatic nitrogens is 5. The number of fused-ring (bicyclic) bond motifs is 7. The van der Waals surface area contributed by atoms with Gasteiger partial charge >= 0.3 is 0 Å². The van der Waals surface area contributed by atoms with Crippen LogP contribution < -0.4 is 9.30 Å². The van der Waals surface area contributed by atoms with Gasteiger partial charge in [0.1, 0.15) is 5.82 Å². The van der Waals surface area contributed by atoms with Crippen molar-refractivity contribution in [2.24, 2.45) is 0 Å². The minimum absolute atomic E-state index is 0. The van der Waals surface area contributed by atoms with E-state index in [0.717, 1.165) is 38.5 Å². The molecule has 6 nitrogen and oxygen atoms in total. The molecular formula is C60H37N5OPt-2. The third kappa shape index (κ3) is 6.76. The molecule has 13 aromatic rings. The first-order valence-corrected chi connectivity index (χ1v) is 21.2. The van der Waals surface area contributed by atoms with E-state index < -0.39 is 60.4 Å². The SMILES string of the molecule is [2H]c1c([2H])c([2H])c(-c2cccc(-c3c([2H])c([2H])c([2H])c([2H])c3[2H])c2-[n+]2[c-]n(-c3[c-]c(Oc4[c-]c5c(cc4)c4ccccc4n5-c4ccc(-n5c6ccccc6c6ccccc65)cn4)ccc3)c3ccccc32)c([2H])c1[2H].[Pt]. The molecule has 0 fully saturated rings.